The number of carbonyl (C=O) groups excluding carboxylic acids is 1. The van der Waals surface area contributed by atoms with E-state index in [1.54, 1.807) is 37.4 Å². The van der Waals surface area contributed by atoms with E-state index in [4.69, 9.17) is 10.00 Å². The van der Waals surface area contributed by atoms with E-state index in [9.17, 15) is 13.6 Å². The molecule has 0 atom stereocenters. The summed E-state index contributed by atoms with van der Waals surface area (Å²) < 4.78 is 32.8. The normalized spacial score (nSPS) is 10.0. The van der Waals surface area contributed by atoms with Crippen LogP contribution in [0.2, 0.25) is 0 Å². The summed E-state index contributed by atoms with van der Waals surface area (Å²) in [5.74, 6) is -2.21. The van der Waals surface area contributed by atoms with Gasteiger partial charge in [0.25, 0.3) is 5.91 Å². The van der Waals surface area contributed by atoms with Crippen LogP contribution in [-0.2, 0) is 6.54 Å². The Labute approximate surface area is 132 Å². The molecule has 6 heteroatoms. The number of rotatable bonds is 4. The van der Waals surface area contributed by atoms with Crippen LogP contribution in [-0.4, -0.2) is 25.0 Å². The lowest BCUT2D eigenvalue weighted by Gasteiger charge is -2.18. The molecule has 2 aromatic carbocycles. The first-order valence-corrected chi connectivity index (χ1v) is 6.73. The lowest BCUT2D eigenvalue weighted by atomic mass is 10.1. The highest BCUT2D eigenvalue weighted by Crippen LogP contribution is 2.19. The van der Waals surface area contributed by atoms with Crippen LogP contribution in [0.5, 0.6) is 5.75 Å². The van der Waals surface area contributed by atoms with Gasteiger partial charge in [0, 0.05) is 13.6 Å². The monoisotopic (exact) mass is 316 g/mol. The molecule has 118 valence electrons. The number of hydrogen-bond donors (Lipinski definition) is 0. The third kappa shape index (κ3) is 3.64. The van der Waals surface area contributed by atoms with E-state index in [1.165, 1.54) is 11.9 Å². The maximum atomic E-state index is 13.9. The molecule has 2 aromatic rings. The fourth-order valence-electron chi connectivity index (χ4n) is 2.11. The van der Waals surface area contributed by atoms with E-state index in [2.05, 4.69) is 0 Å². The average Bonchev–Trinajstić information content (AvgIpc) is 2.54. The number of methoxy groups -OCH3 is 1. The molecule has 1 amide bonds. The van der Waals surface area contributed by atoms with Gasteiger partial charge in [-0.1, -0.05) is 12.1 Å². The van der Waals surface area contributed by atoms with E-state index >= 15 is 0 Å². The first-order chi connectivity index (χ1) is 11.0. The fraction of sp³-hybridized carbons (Fsp3) is 0.176. The van der Waals surface area contributed by atoms with Crippen molar-refractivity contribution in [2.45, 2.75) is 6.54 Å². The molecule has 0 aliphatic heterocycles. The number of hydrogen-bond acceptors (Lipinski definition) is 3. The number of ether oxygens (including phenoxy) is 1. The van der Waals surface area contributed by atoms with Crippen LogP contribution in [0.25, 0.3) is 0 Å². The zero-order chi connectivity index (χ0) is 17.0. The van der Waals surface area contributed by atoms with E-state index in [0.717, 1.165) is 17.7 Å². The van der Waals surface area contributed by atoms with Crippen molar-refractivity contribution in [1.29, 1.82) is 5.26 Å². The maximum Gasteiger partial charge on any atom is 0.259 e. The van der Waals surface area contributed by atoms with Gasteiger partial charge in [-0.2, -0.15) is 5.26 Å². The number of halogens is 2. The van der Waals surface area contributed by atoms with E-state index in [-0.39, 0.29) is 12.1 Å². The number of carbonyl (C=O) groups is 1. The SMILES string of the molecule is COc1ccc(CN(C)C(=O)c2c(F)cc(C#N)cc2F)cc1. The Bertz CT molecular complexity index is 744. The highest BCUT2D eigenvalue weighted by atomic mass is 19.1. The minimum absolute atomic E-state index is 0.172. The molecule has 0 aliphatic carbocycles. The van der Waals surface area contributed by atoms with Crippen molar-refractivity contribution in [2.75, 3.05) is 14.2 Å². The zero-order valence-corrected chi connectivity index (χ0v) is 12.6. The van der Waals surface area contributed by atoms with Gasteiger partial charge >= 0.3 is 0 Å². The third-order valence-corrected chi connectivity index (χ3v) is 3.31. The first-order valence-electron chi connectivity index (χ1n) is 6.73. The van der Waals surface area contributed by atoms with Crippen LogP contribution < -0.4 is 4.74 Å². The van der Waals surface area contributed by atoms with Crippen LogP contribution in [0.4, 0.5) is 8.78 Å². The van der Waals surface area contributed by atoms with Gasteiger partial charge in [0.1, 0.15) is 22.9 Å². The number of nitrogens with zero attached hydrogens (tertiary/aromatic N) is 2. The molecular weight excluding hydrogens is 302 g/mol. The lowest BCUT2D eigenvalue weighted by molar-refractivity contribution is 0.0775. The predicted octanol–water partition coefficient (Wildman–Crippen LogP) is 3.12. The Kier molecular flexibility index (Phi) is 4.91. The largest absolute Gasteiger partial charge is 0.497 e. The highest BCUT2D eigenvalue weighted by Gasteiger charge is 2.22. The number of nitriles is 1. The summed E-state index contributed by atoms with van der Waals surface area (Å²) in [6.45, 7) is 0.182. The minimum Gasteiger partial charge on any atom is -0.497 e. The Balaban J connectivity index is 2.21. The molecule has 0 unspecified atom stereocenters. The van der Waals surface area contributed by atoms with E-state index < -0.39 is 23.1 Å². The van der Waals surface area contributed by atoms with Gasteiger partial charge in [0.2, 0.25) is 0 Å². The van der Waals surface area contributed by atoms with Crippen molar-refractivity contribution in [1.82, 2.24) is 4.90 Å². The van der Waals surface area contributed by atoms with Gasteiger partial charge in [-0.25, -0.2) is 8.78 Å². The van der Waals surface area contributed by atoms with Crippen LogP contribution in [0.15, 0.2) is 36.4 Å². The standard InChI is InChI=1S/C17H14F2N2O2/c1-21(10-11-3-5-13(23-2)6-4-11)17(22)16-14(18)7-12(9-20)8-15(16)19/h3-8H,10H2,1-2H3. The summed E-state index contributed by atoms with van der Waals surface area (Å²) in [5, 5.41) is 8.67. The van der Waals surface area contributed by atoms with Gasteiger partial charge in [-0.05, 0) is 29.8 Å². The van der Waals surface area contributed by atoms with Crippen LogP contribution >= 0.6 is 0 Å². The smallest absolute Gasteiger partial charge is 0.259 e. The molecule has 0 fully saturated rings. The molecular formula is C17H14F2N2O2. The maximum absolute atomic E-state index is 13.9. The molecule has 4 nitrogen and oxygen atoms in total. The quantitative estimate of drug-likeness (QED) is 0.871. The van der Waals surface area contributed by atoms with Crippen LogP contribution in [0.1, 0.15) is 21.5 Å². The van der Waals surface area contributed by atoms with Gasteiger partial charge in [-0.15, -0.1) is 0 Å². The topological polar surface area (TPSA) is 53.3 Å². The molecule has 0 radical (unpaired) electrons. The Hall–Kier alpha value is -2.94. The summed E-state index contributed by atoms with van der Waals surface area (Å²) in [7, 11) is 2.99. The Morgan fingerprint density at radius 3 is 2.26 bits per heavy atom. The van der Waals surface area contributed by atoms with Crippen molar-refractivity contribution in [3.05, 3.63) is 64.7 Å². The van der Waals surface area contributed by atoms with Crippen LogP contribution in [0.3, 0.4) is 0 Å². The molecule has 0 aromatic heterocycles. The first kappa shape index (κ1) is 16.4. The molecule has 0 saturated heterocycles. The third-order valence-electron chi connectivity index (χ3n) is 3.31. The van der Waals surface area contributed by atoms with Gasteiger partial charge in [0.15, 0.2) is 0 Å². The zero-order valence-electron chi connectivity index (χ0n) is 12.6. The average molecular weight is 316 g/mol. The Morgan fingerprint density at radius 2 is 1.78 bits per heavy atom. The minimum atomic E-state index is -1.05. The van der Waals surface area contributed by atoms with Crippen molar-refractivity contribution < 1.29 is 18.3 Å². The highest BCUT2D eigenvalue weighted by molar-refractivity contribution is 5.94. The van der Waals surface area contributed by atoms with Crippen molar-refractivity contribution in [2.24, 2.45) is 0 Å². The summed E-state index contributed by atoms with van der Waals surface area (Å²) in [6.07, 6.45) is 0. The van der Waals surface area contributed by atoms with Crippen molar-refractivity contribution in [3.63, 3.8) is 0 Å². The van der Waals surface area contributed by atoms with E-state index in [1.807, 2.05) is 0 Å². The number of benzene rings is 2. The second-order valence-corrected chi connectivity index (χ2v) is 4.94. The fourth-order valence-corrected chi connectivity index (χ4v) is 2.11. The summed E-state index contributed by atoms with van der Waals surface area (Å²) in [6, 6.07) is 10.3. The Morgan fingerprint density at radius 1 is 1.22 bits per heavy atom. The van der Waals surface area contributed by atoms with Gasteiger partial charge < -0.3 is 9.64 Å². The van der Waals surface area contributed by atoms with E-state index in [0.29, 0.717) is 5.75 Å². The predicted molar refractivity (Wildman–Crippen MR) is 79.9 cm³/mol. The molecule has 2 rings (SSSR count). The lowest BCUT2D eigenvalue weighted by Crippen LogP contribution is -2.28. The van der Waals surface area contributed by atoms with Crippen molar-refractivity contribution in [3.8, 4) is 11.8 Å². The van der Waals surface area contributed by atoms with Crippen LogP contribution in [0, 0.1) is 23.0 Å². The second kappa shape index (κ2) is 6.88. The molecule has 0 aliphatic rings. The van der Waals surface area contributed by atoms with Gasteiger partial charge in [0.05, 0.1) is 18.7 Å². The molecule has 0 bridgehead atoms. The molecule has 23 heavy (non-hydrogen) atoms. The summed E-state index contributed by atoms with van der Waals surface area (Å²) in [5.41, 5.74) is -0.0505. The van der Waals surface area contributed by atoms with Crippen molar-refractivity contribution >= 4 is 5.91 Å². The summed E-state index contributed by atoms with van der Waals surface area (Å²) in [4.78, 5) is 13.5. The van der Waals surface area contributed by atoms with Gasteiger partial charge in [-0.3, -0.25) is 4.79 Å². The second-order valence-electron chi connectivity index (χ2n) is 4.94. The molecule has 0 spiro atoms. The molecule has 0 saturated carbocycles. The number of amides is 1. The molecule has 0 N–H and O–H groups in total. The molecule has 0 heterocycles. The summed E-state index contributed by atoms with van der Waals surface area (Å²) >= 11 is 0.